The summed E-state index contributed by atoms with van der Waals surface area (Å²) in [5.41, 5.74) is 2.28. The van der Waals surface area contributed by atoms with Crippen molar-refractivity contribution >= 4 is 23.8 Å². The van der Waals surface area contributed by atoms with Crippen molar-refractivity contribution in [3.63, 3.8) is 0 Å². The van der Waals surface area contributed by atoms with Crippen LogP contribution < -0.4 is 4.90 Å². The van der Waals surface area contributed by atoms with E-state index in [1.54, 1.807) is 11.0 Å². The Balaban J connectivity index is 1.30. The number of anilines is 1. The summed E-state index contributed by atoms with van der Waals surface area (Å²) in [7, 11) is 2.04. The molecular weight excluding hydrogens is 603 g/mol. The topological polar surface area (TPSA) is 95.0 Å². The minimum atomic E-state index is -0.865. The van der Waals surface area contributed by atoms with E-state index >= 15 is 0 Å². The molecule has 1 aromatic rings. The van der Waals surface area contributed by atoms with E-state index in [1.807, 2.05) is 52.1 Å². The highest BCUT2D eigenvalue weighted by Gasteiger charge is 2.30. The van der Waals surface area contributed by atoms with Gasteiger partial charge in [-0.05, 0) is 68.1 Å². The van der Waals surface area contributed by atoms with Gasteiger partial charge in [0.15, 0.2) is 0 Å². The molecule has 4 aliphatic rings. The number of hydrogen-bond acceptors (Lipinski definition) is 9. The van der Waals surface area contributed by atoms with Crippen LogP contribution in [0.3, 0.4) is 0 Å². The van der Waals surface area contributed by atoms with Gasteiger partial charge in [-0.3, -0.25) is 9.69 Å². The molecular formula is C36H53FN4O6. The zero-order valence-electron chi connectivity index (χ0n) is 28.5. The number of hydrogen-bond donors (Lipinski definition) is 1. The molecule has 3 saturated heterocycles. The third kappa shape index (κ3) is 10.0. The monoisotopic (exact) mass is 656 g/mol. The minimum Gasteiger partial charge on any atom is -0.457 e. The van der Waals surface area contributed by atoms with Gasteiger partial charge in [0.2, 0.25) is 0 Å². The number of halogens is 1. The Bertz CT molecular complexity index is 1270. The average molecular weight is 657 g/mol. The maximum Gasteiger partial charge on any atom is 0.410 e. The molecule has 1 aromatic carbocycles. The van der Waals surface area contributed by atoms with Crippen molar-refractivity contribution < 1.29 is 33.3 Å². The fourth-order valence-corrected chi connectivity index (χ4v) is 6.78. The van der Waals surface area contributed by atoms with Gasteiger partial charge in [-0.25, -0.2) is 9.18 Å². The Morgan fingerprint density at radius 3 is 2.43 bits per heavy atom. The van der Waals surface area contributed by atoms with Crippen LogP contribution in [0.4, 0.5) is 14.9 Å². The number of piperazine rings is 2. The number of aliphatic hydroxyl groups is 1. The Hall–Kier alpha value is -2.99. The average Bonchev–Trinajstić information content (AvgIpc) is 3.02. The third-order valence-electron chi connectivity index (χ3n) is 9.97. The van der Waals surface area contributed by atoms with Crippen LogP contribution in [0.1, 0.15) is 45.6 Å². The predicted octanol–water partition coefficient (Wildman–Crippen LogP) is 4.04. The number of carbonyl (C=O) groups is 2. The molecule has 4 heterocycles. The number of aliphatic hydroxyl groups excluding tert-OH is 1. The molecule has 11 heteroatoms. The number of nitrogens with zero attached hydrogens (tertiary/aromatic N) is 4. The number of cyclic esters (lactones) is 1. The summed E-state index contributed by atoms with van der Waals surface area (Å²) in [4.78, 5) is 34.6. The molecule has 5 atom stereocenters. The first kappa shape index (κ1) is 35.3. The molecule has 4 aliphatic heterocycles. The fraction of sp³-hybridized carbons (Fsp3) is 0.667. The molecule has 0 aliphatic carbocycles. The number of amides is 1. The molecule has 0 unspecified atom stereocenters. The molecule has 0 radical (unpaired) electrons. The van der Waals surface area contributed by atoms with Crippen LogP contribution >= 0.6 is 0 Å². The molecule has 0 saturated carbocycles. The van der Waals surface area contributed by atoms with Crippen molar-refractivity contribution in [2.24, 2.45) is 17.8 Å². The second-order valence-electron chi connectivity index (χ2n) is 14.0. The molecule has 3 fully saturated rings. The summed E-state index contributed by atoms with van der Waals surface area (Å²) in [5.74, 6) is -0.512. The van der Waals surface area contributed by atoms with Crippen LogP contribution in [0.5, 0.6) is 0 Å². The van der Waals surface area contributed by atoms with Crippen LogP contribution in [0, 0.1) is 23.6 Å². The summed E-state index contributed by atoms with van der Waals surface area (Å²) in [6.45, 7) is 14.9. The van der Waals surface area contributed by atoms with E-state index < -0.39 is 24.3 Å². The van der Waals surface area contributed by atoms with Gasteiger partial charge in [0.25, 0.3) is 0 Å². The third-order valence-corrected chi connectivity index (χ3v) is 9.97. The van der Waals surface area contributed by atoms with Crippen LogP contribution in [0.25, 0.3) is 6.08 Å². The molecule has 10 nitrogen and oxygen atoms in total. The van der Waals surface area contributed by atoms with Crippen molar-refractivity contribution in [1.29, 1.82) is 0 Å². The maximum absolute atomic E-state index is 14.9. The molecule has 1 N–H and O–H groups in total. The normalized spacial score (nSPS) is 30.1. The standard InChI is InChI=1S/C36H53FN4O6/c1-25-5-7-32(42)21-34(43)47-35(26(2)6-8-33(25)46-36(44)41-13-9-38(4)10-14-41)27(3)17-28-18-30(37)20-31(19-28)40-15-11-39(12-16-40)22-29-23-45-24-29/h6,8,17-20,25-26,29,32-33,35,42H,5,7,9-16,21-24H2,1-4H3/b8-6+,27-17+/t25-,26-,32+,33-,35-/m0/s1. The lowest BCUT2D eigenvalue weighted by atomic mass is 9.91. The molecule has 5 rings (SSSR count). The minimum absolute atomic E-state index is 0.0603. The quantitative estimate of drug-likeness (QED) is 0.360. The van der Waals surface area contributed by atoms with Crippen LogP contribution in [-0.4, -0.2) is 129 Å². The number of benzene rings is 1. The van der Waals surface area contributed by atoms with Crippen LogP contribution in [0.15, 0.2) is 35.9 Å². The lowest BCUT2D eigenvalue weighted by molar-refractivity contribution is -0.151. The van der Waals surface area contributed by atoms with Crippen molar-refractivity contribution in [2.45, 2.75) is 58.3 Å². The Labute approximate surface area is 279 Å². The Morgan fingerprint density at radius 2 is 1.74 bits per heavy atom. The van der Waals surface area contributed by atoms with E-state index in [4.69, 9.17) is 14.2 Å². The van der Waals surface area contributed by atoms with Crippen molar-refractivity contribution in [3.8, 4) is 0 Å². The Morgan fingerprint density at radius 1 is 1.02 bits per heavy atom. The first-order valence-electron chi connectivity index (χ1n) is 17.3. The lowest BCUT2D eigenvalue weighted by Gasteiger charge is -2.39. The largest absolute Gasteiger partial charge is 0.457 e. The van der Waals surface area contributed by atoms with E-state index in [1.165, 1.54) is 6.07 Å². The smallest absolute Gasteiger partial charge is 0.410 e. The number of likely N-dealkylation sites (N-methyl/N-ethyl adjacent to an activating group) is 1. The first-order chi connectivity index (χ1) is 22.5. The number of carbonyl (C=O) groups excluding carboxylic acids is 2. The summed E-state index contributed by atoms with van der Waals surface area (Å²) in [6.07, 6.45) is 4.21. The van der Waals surface area contributed by atoms with Crippen molar-refractivity contribution in [2.75, 3.05) is 84.1 Å². The van der Waals surface area contributed by atoms with Gasteiger partial charge in [0.05, 0.1) is 25.7 Å². The number of esters is 1. The van der Waals surface area contributed by atoms with Crippen molar-refractivity contribution in [1.82, 2.24) is 14.7 Å². The predicted molar refractivity (Wildman–Crippen MR) is 180 cm³/mol. The van der Waals surface area contributed by atoms with E-state index in [2.05, 4.69) is 14.7 Å². The number of rotatable bonds is 6. The second kappa shape index (κ2) is 16.4. The molecule has 0 aromatic heterocycles. The van der Waals surface area contributed by atoms with E-state index in [-0.39, 0.29) is 30.2 Å². The van der Waals surface area contributed by atoms with Crippen LogP contribution in [0.2, 0.25) is 0 Å². The second-order valence-corrected chi connectivity index (χ2v) is 14.0. The van der Waals surface area contributed by atoms with E-state index in [0.717, 1.165) is 70.3 Å². The zero-order chi connectivity index (χ0) is 33.5. The highest BCUT2D eigenvalue weighted by molar-refractivity contribution is 5.71. The summed E-state index contributed by atoms with van der Waals surface area (Å²) in [5, 5.41) is 10.7. The molecule has 0 spiro atoms. The first-order valence-corrected chi connectivity index (χ1v) is 17.3. The summed E-state index contributed by atoms with van der Waals surface area (Å²) >= 11 is 0. The Kier molecular flexibility index (Phi) is 12.3. The van der Waals surface area contributed by atoms with Gasteiger partial charge in [0.1, 0.15) is 18.0 Å². The lowest BCUT2D eigenvalue weighted by Crippen LogP contribution is -2.50. The van der Waals surface area contributed by atoms with Crippen LogP contribution in [-0.2, 0) is 19.0 Å². The highest BCUT2D eigenvalue weighted by atomic mass is 19.1. The van der Waals surface area contributed by atoms with E-state index in [9.17, 15) is 19.1 Å². The summed E-state index contributed by atoms with van der Waals surface area (Å²) < 4.78 is 32.3. The fourth-order valence-electron chi connectivity index (χ4n) is 6.78. The van der Waals surface area contributed by atoms with Gasteiger partial charge in [-0.2, -0.15) is 0 Å². The summed E-state index contributed by atoms with van der Waals surface area (Å²) in [6, 6.07) is 5.06. The van der Waals surface area contributed by atoms with Crippen molar-refractivity contribution in [3.05, 3.63) is 47.3 Å². The van der Waals surface area contributed by atoms with Gasteiger partial charge in [-0.1, -0.05) is 26.0 Å². The maximum atomic E-state index is 14.9. The molecule has 1 amide bonds. The molecule has 260 valence electrons. The number of ether oxygens (including phenoxy) is 3. The van der Waals surface area contributed by atoms with Gasteiger partial charge >= 0.3 is 12.1 Å². The zero-order valence-corrected chi connectivity index (χ0v) is 28.5. The van der Waals surface area contributed by atoms with Gasteiger partial charge < -0.3 is 34.0 Å². The highest BCUT2D eigenvalue weighted by Crippen LogP contribution is 2.28. The van der Waals surface area contributed by atoms with Gasteiger partial charge in [0, 0.05) is 76.4 Å². The van der Waals surface area contributed by atoms with Gasteiger partial charge in [-0.15, -0.1) is 0 Å². The van der Waals surface area contributed by atoms with E-state index in [0.29, 0.717) is 37.4 Å². The SMILES string of the molecule is C/C(=C\c1cc(F)cc(N2CCN(CC3COC3)CC2)c1)[C@H]1OC(=O)C[C@H](O)CC[C@H](C)[C@@H](OC(=O)N2CCN(C)CC2)/C=C/[C@@H]1C. The molecule has 47 heavy (non-hydrogen) atoms. The molecule has 0 bridgehead atoms.